The fourth-order valence-electron chi connectivity index (χ4n) is 3.40. The van der Waals surface area contributed by atoms with Crippen LogP contribution in [0.5, 0.6) is 0 Å². The molecule has 2 aliphatic rings. The van der Waals surface area contributed by atoms with Gasteiger partial charge in [-0.2, -0.15) is 0 Å². The highest BCUT2D eigenvalue weighted by atomic mass is 14.5. The summed E-state index contributed by atoms with van der Waals surface area (Å²) in [6.07, 6.45) is 7.35. The van der Waals surface area contributed by atoms with Crippen molar-refractivity contribution in [3.05, 3.63) is 0 Å². The van der Waals surface area contributed by atoms with Crippen molar-refractivity contribution in [2.45, 2.75) is 73.6 Å². The highest BCUT2D eigenvalue weighted by Crippen LogP contribution is 2.52. The Hall–Kier alpha value is 0. The summed E-state index contributed by atoms with van der Waals surface area (Å²) in [6.45, 7) is 13.1. The van der Waals surface area contributed by atoms with Gasteiger partial charge in [0, 0.05) is 0 Å². The van der Waals surface area contributed by atoms with Gasteiger partial charge in [-0.1, -0.05) is 54.4 Å². The fourth-order valence-corrected chi connectivity index (χ4v) is 3.40. The Morgan fingerprint density at radius 1 is 0.933 bits per heavy atom. The number of hydrogen-bond acceptors (Lipinski definition) is 0. The molecule has 0 N–H and O–H groups in total. The molecule has 0 aromatic rings. The second-order valence-electron chi connectivity index (χ2n) is 4.97. The van der Waals surface area contributed by atoms with E-state index in [1.165, 1.54) is 12.8 Å². The molecule has 0 spiro atoms. The van der Waals surface area contributed by atoms with Crippen molar-refractivity contribution < 1.29 is 0 Å². The molecule has 2 aliphatic carbocycles. The van der Waals surface area contributed by atoms with Crippen LogP contribution in [0.25, 0.3) is 0 Å². The first-order valence-corrected chi connectivity index (χ1v) is 7.24. The number of hydrogen-bond donors (Lipinski definition) is 0. The minimum absolute atomic E-state index is 1.06. The molecule has 4 unspecified atom stereocenters. The van der Waals surface area contributed by atoms with E-state index < -0.39 is 0 Å². The maximum Gasteiger partial charge on any atom is -0.0360 e. The molecule has 0 nitrogen and oxygen atoms in total. The third-order valence-corrected chi connectivity index (χ3v) is 4.01. The minimum Gasteiger partial charge on any atom is -0.0683 e. The van der Waals surface area contributed by atoms with Gasteiger partial charge in [0.1, 0.15) is 0 Å². The van der Waals surface area contributed by atoms with Crippen molar-refractivity contribution in [3.63, 3.8) is 0 Å². The Bertz CT molecular complexity index is 137. The van der Waals surface area contributed by atoms with Gasteiger partial charge in [-0.3, -0.25) is 0 Å². The zero-order chi connectivity index (χ0) is 11.8. The van der Waals surface area contributed by atoms with Crippen LogP contribution in [-0.4, -0.2) is 0 Å². The van der Waals surface area contributed by atoms with Crippen molar-refractivity contribution in [3.8, 4) is 0 Å². The summed E-state index contributed by atoms with van der Waals surface area (Å²) in [5.74, 6) is 4.41. The van der Waals surface area contributed by atoms with Crippen molar-refractivity contribution in [1.82, 2.24) is 0 Å². The van der Waals surface area contributed by atoms with E-state index in [2.05, 4.69) is 27.7 Å². The molecule has 0 heteroatoms. The van der Waals surface area contributed by atoms with E-state index in [1.54, 1.807) is 19.3 Å². The molecular weight excluding hydrogens is 180 g/mol. The van der Waals surface area contributed by atoms with Gasteiger partial charge in [0.2, 0.25) is 0 Å². The highest BCUT2D eigenvalue weighted by Gasteiger charge is 2.43. The summed E-state index contributed by atoms with van der Waals surface area (Å²) in [4.78, 5) is 0. The van der Waals surface area contributed by atoms with Crippen molar-refractivity contribution >= 4 is 0 Å². The lowest BCUT2D eigenvalue weighted by molar-refractivity contribution is 0.233. The van der Waals surface area contributed by atoms with E-state index in [-0.39, 0.29) is 0 Å². The number of rotatable bonds is 1. The van der Waals surface area contributed by atoms with Crippen LogP contribution in [0.2, 0.25) is 0 Å². The predicted octanol–water partition coefficient (Wildman–Crippen LogP) is 5.52. The van der Waals surface area contributed by atoms with E-state index in [1.807, 2.05) is 13.8 Å². The van der Waals surface area contributed by atoms with Crippen molar-refractivity contribution in [2.75, 3.05) is 0 Å². The summed E-state index contributed by atoms with van der Waals surface area (Å²) < 4.78 is 0. The molecule has 2 bridgehead atoms. The van der Waals surface area contributed by atoms with Gasteiger partial charge < -0.3 is 0 Å². The second-order valence-corrected chi connectivity index (χ2v) is 4.97. The largest absolute Gasteiger partial charge is 0.0683 e. The molecule has 15 heavy (non-hydrogen) atoms. The van der Waals surface area contributed by atoms with Crippen LogP contribution in [0.3, 0.4) is 0 Å². The Morgan fingerprint density at radius 3 is 1.67 bits per heavy atom. The SMILES string of the molecule is CC.CCC.CCC1C2CCC(C2)C1C. The third-order valence-electron chi connectivity index (χ3n) is 4.01. The molecule has 0 aromatic heterocycles. The van der Waals surface area contributed by atoms with Gasteiger partial charge in [0.15, 0.2) is 0 Å². The van der Waals surface area contributed by atoms with Gasteiger partial charge in [-0.25, -0.2) is 0 Å². The summed E-state index contributed by atoms with van der Waals surface area (Å²) in [5, 5.41) is 0. The maximum absolute atomic E-state index is 2.47. The summed E-state index contributed by atoms with van der Waals surface area (Å²) >= 11 is 0. The molecule has 2 fully saturated rings. The average Bonchev–Trinajstić information content (AvgIpc) is 2.82. The molecule has 4 atom stereocenters. The normalized spacial score (nSPS) is 36.4. The quantitative estimate of drug-likeness (QED) is 0.537. The second kappa shape index (κ2) is 8.19. The summed E-state index contributed by atoms with van der Waals surface area (Å²) in [7, 11) is 0. The lowest BCUT2D eigenvalue weighted by Crippen LogP contribution is -2.18. The van der Waals surface area contributed by atoms with Crippen LogP contribution >= 0.6 is 0 Å². The summed E-state index contributed by atoms with van der Waals surface area (Å²) in [6, 6.07) is 0. The number of fused-ring (bicyclic) bond motifs is 2. The lowest BCUT2D eigenvalue weighted by Gasteiger charge is -2.26. The Balaban J connectivity index is 0.000000342. The Kier molecular flexibility index (Phi) is 8.19. The van der Waals surface area contributed by atoms with Crippen LogP contribution in [0.4, 0.5) is 0 Å². The maximum atomic E-state index is 2.47. The van der Waals surface area contributed by atoms with E-state index in [9.17, 15) is 0 Å². The van der Waals surface area contributed by atoms with Crippen LogP contribution < -0.4 is 0 Å². The van der Waals surface area contributed by atoms with E-state index in [4.69, 9.17) is 0 Å². The average molecular weight is 212 g/mol. The molecular formula is C15H32. The zero-order valence-corrected chi connectivity index (χ0v) is 11.8. The van der Waals surface area contributed by atoms with Gasteiger partial charge in [-0.05, 0) is 42.9 Å². The Morgan fingerprint density at radius 2 is 1.40 bits per heavy atom. The van der Waals surface area contributed by atoms with Crippen molar-refractivity contribution in [1.29, 1.82) is 0 Å². The lowest BCUT2D eigenvalue weighted by atomic mass is 9.79. The molecule has 0 radical (unpaired) electrons. The van der Waals surface area contributed by atoms with E-state index in [0.29, 0.717) is 0 Å². The minimum atomic E-state index is 1.06. The standard InChI is InChI=1S/C10H18.C3H8.C2H6/c1-3-10-7(2)8-4-5-9(10)6-8;1-3-2;1-2/h7-10H,3-6H2,1-2H3;3H2,1-2H3;1-2H3. The topological polar surface area (TPSA) is 0 Å². The first-order chi connectivity index (χ1) is 7.24. The van der Waals surface area contributed by atoms with Gasteiger partial charge in [0.25, 0.3) is 0 Å². The molecule has 0 saturated heterocycles. The first-order valence-electron chi connectivity index (χ1n) is 7.24. The van der Waals surface area contributed by atoms with E-state index in [0.717, 1.165) is 23.7 Å². The van der Waals surface area contributed by atoms with Gasteiger partial charge in [0.05, 0.1) is 0 Å². The molecule has 92 valence electrons. The smallest absolute Gasteiger partial charge is 0.0360 e. The predicted molar refractivity (Wildman–Crippen MR) is 71.1 cm³/mol. The van der Waals surface area contributed by atoms with Crippen LogP contribution in [0.15, 0.2) is 0 Å². The fraction of sp³-hybridized carbons (Fsp3) is 1.00. The summed E-state index contributed by atoms with van der Waals surface area (Å²) in [5.41, 5.74) is 0. The molecule has 0 aliphatic heterocycles. The monoisotopic (exact) mass is 212 g/mol. The molecule has 0 heterocycles. The van der Waals surface area contributed by atoms with Gasteiger partial charge >= 0.3 is 0 Å². The first kappa shape index (κ1) is 15.0. The van der Waals surface area contributed by atoms with E-state index >= 15 is 0 Å². The Labute approximate surface area is 97.8 Å². The molecule has 0 aromatic carbocycles. The van der Waals surface area contributed by atoms with Gasteiger partial charge in [-0.15, -0.1) is 0 Å². The van der Waals surface area contributed by atoms with Crippen LogP contribution in [0.1, 0.15) is 73.6 Å². The van der Waals surface area contributed by atoms with Crippen molar-refractivity contribution in [2.24, 2.45) is 23.7 Å². The zero-order valence-electron chi connectivity index (χ0n) is 11.8. The third kappa shape index (κ3) is 3.81. The van der Waals surface area contributed by atoms with Crippen LogP contribution in [0, 0.1) is 23.7 Å². The molecule has 2 rings (SSSR count). The molecule has 2 saturated carbocycles. The van der Waals surface area contributed by atoms with Crippen LogP contribution in [-0.2, 0) is 0 Å². The molecule has 0 amide bonds. The highest BCUT2D eigenvalue weighted by molar-refractivity contribution is 4.93.